The molecule has 0 aliphatic carbocycles. The van der Waals surface area contributed by atoms with Gasteiger partial charge in [0, 0.05) is 12.6 Å². The molecule has 1 rings (SSSR count). The van der Waals surface area contributed by atoms with Crippen LogP contribution in [0.3, 0.4) is 0 Å². The molecule has 88 valence electrons. The van der Waals surface area contributed by atoms with Crippen molar-refractivity contribution >= 4 is 5.91 Å². The third-order valence-electron chi connectivity index (χ3n) is 2.53. The number of carbonyl (C=O) groups is 1. The largest absolute Gasteiger partial charge is 0.277 e. The molecule has 0 fully saturated rings. The Hall–Kier alpha value is -1.35. The van der Waals surface area contributed by atoms with Crippen LogP contribution in [-0.2, 0) is 10.3 Å². The summed E-state index contributed by atoms with van der Waals surface area (Å²) in [6.07, 6.45) is 0. The van der Waals surface area contributed by atoms with Crippen molar-refractivity contribution in [3.05, 3.63) is 35.4 Å². The van der Waals surface area contributed by atoms with Crippen molar-refractivity contribution in [1.29, 1.82) is 0 Å². The van der Waals surface area contributed by atoms with Gasteiger partial charge < -0.3 is 0 Å². The van der Waals surface area contributed by atoms with E-state index >= 15 is 0 Å². The van der Waals surface area contributed by atoms with Gasteiger partial charge in [0.05, 0.1) is 7.11 Å². The van der Waals surface area contributed by atoms with E-state index in [9.17, 15) is 4.79 Å². The van der Waals surface area contributed by atoms with Crippen molar-refractivity contribution in [2.24, 2.45) is 0 Å². The quantitative estimate of drug-likeness (QED) is 0.718. The number of rotatable bonds is 2. The van der Waals surface area contributed by atoms with Crippen molar-refractivity contribution in [1.82, 2.24) is 5.06 Å². The molecule has 0 N–H and O–H groups in total. The van der Waals surface area contributed by atoms with E-state index in [-0.39, 0.29) is 11.3 Å². The maximum Gasteiger partial charge on any atom is 0.277 e. The fourth-order valence-electron chi connectivity index (χ4n) is 1.58. The fourth-order valence-corrected chi connectivity index (χ4v) is 1.58. The maximum absolute atomic E-state index is 12.0. The molecule has 0 aromatic heterocycles. The predicted molar refractivity (Wildman–Crippen MR) is 64.2 cm³/mol. The van der Waals surface area contributed by atoms with Gasteiger partial charge in [0.1, 0.15) is 0 Å². The lowest BCUT2D eigenvalue weighted by molar-refractivity contribution is -0.0758. The van der Waals surface area contributed by atoms with Crippen molar-refractivity contribution in [3.63, 3.8) is 0 Å². The molecule has 0 radical (unpaired) electrons. The van der Waals surface area contributed by atoms with Crippen LogP contribution in [0.1, 0.15) is 36.7 Å². The molecule has 16 heavy (non-hydrogen) atoms. The van der Waals surface area contributed by atoms with Gasteiger partial charge in [-0.2, -0.15) is 0 Å². The summed E-state index contributed by atoms with van der Waals surface area (Å²) in [5, 5.41) is 1.24. The van der Waals surface area contributed by atoms with Gasteiger partial charge in [-0.15, -0.1) is 0 Å². The monoisotopic (exact) mass is 221 g/mol. The third-order valence-corrected chi connectivity index (χ3v) is 2.53. The summed E-state index contributed by atoms with van der Waals surface area (Å²) in [5.41, 5.74) is 1.67. The van der Waals surface area contributed by atoms with E-state index in [1.807, 2.05) is 24.3 Å². The van der Waals surface area contributed by atoms with Gasteiger partial charge in [-0.1, -0.05) is 39.0 Å². The van der Waals surface area contributed by atoms with Gasteiger partial charge in [0.2, 0.25) is 0 Å². The summed E-state index contributed by atoms with van der Waals surface area (Å²) in [5.74, 6) is -0.118. The van der Waals surface area contributed by atoms with Gasteiger partial charge >= 0.3 is 0 Å². The van der Waals surface area contributed by atoms with Gasteiger partial charge in [-0.05, 0) is 17.0 Å². The van der Waals surface area contributed by atoms with Crippen LogP contribution in [0.4, 0.5) is 0 Å². The number of hydrogen-bond acceptors (Lipinski definition) is 2. The molecule has 1 aromatic rings. The molecular formula is C13H19NO2. The lowest BCUT2D eigenvalue weighted by Gasteiger charge is -2.24. The first-order chi connectivity index (χ1) is 7.38. The molecule has 3 heteroatoms. The number of hydrogen-bond donors (Lipinski definition) is 0. The van der Waals surface area contributed by atoms with Crippen molar-refractivity contribution < 1.29 is 9.63 Å². The minimum Gasteiger partial charge on any atom is -0.274 e. The normalized spacial score (nSPS) is 11.3. The SMILES string of the molecule is CON(C)C(=O)c1ccccc1C(C)(C)C. The smallest absolute Gasteiger partial charge is 0.274 e. The Morgan fingerprint density at radius 1 is 1.25 bits per heavy atom. The summed E-state index contributed by atoms with van der Waals surface area (Å²) in [6, 6.07) is 7.63. The first kappa shape index (κ1) is 12.7. The molecule has 0 saturated heterocycles. The molecule has 0 saturated carbocycles. The Kier molecular flexibility index (Phi) is 3.70. The Morgan fingerprint density at radius 3 is 2.31 bits per heavy atom. The molecule has 0 bridgehead atoms. The summed E-state index contributed by atoms with van der Waals surface area (Å²) < 4.78 is 0. The number of benzene rings is 1. The Labute approximate surface area is 97.0 Å². The van der Waals surface area contributed by atoms with E-state index in [4.69, 9.17) is 4.84 Å². The highest BCUT2D eigenvalue weighted by atomic mass is 16.7. The molecule has 0 aliphatic rings. The first-order valence-corrected chi connectivity index (χ1v) is 5.29. The summed E-state index contributed by atoms with van der Waals surface area (Å²) >= 11 is 0. The van der Waals surface area contributed by atoms with E-state index in [0.29, 0.717) is 5.56 Å². The zero-order chi connectivity index (χ0) is 12.3. The highest BCUT2D eigenvalue weighted by Gasteiger charge is 2.22. The third kappa shape index (κ3) is 2.61. The summed E-state index contributed by atoms with van der Waals surface area (Å²) in [7, 11) is 3.10. The Balaban J connectivity index is 3.19. The minimum atomic E-state index is -0.118. The summed E-state index contributed by atoms with van der Waals surface area (Å²) in [4.78, 5) is 17.0. The van der Waals surface area contributed by atoms with Crippen LogP contribution in [0.25, 0.3) is 0 Å². The average molecular weight is 221 g/mol. The molecule has 0 atom stereocenters. The topological polar surface area (TPSA) is 29.5 Å². The zero-order valence-corrected chi connectivity index (χ0v) is 10.6. The number of amides is 1. The molecule has 0 unspecified atom stereocenters. The predicted octanol–water partition coefficient (Wildman–Crippen LogP) is 2.62. The van der Waals surface area contributed by atoms with Gasteiger partial charge in [-0.25, -0.2) is 5.06 Å². The van der Waals surface area contributed by atoms with Crippen LogP contribution in [0.15, 0.2) is 24.3 Å². The van der Waals surface area contributed by atoms with Crippen LogP contribution in [0.5, 0.6) is 0 Å². The molecule has 0 heterocycles. The standard InChI is InChI=1S/C13H19NO2/c1-13(2,3)11-9-7-6-8-10(11)12(15)14(4)16-5/h6-9H,1-5H3. The number of carbonyl (C=O) groups excluding carboxylic acids is 1. The van der Waals surface area contributed by atoms with Crippen LogP contribution >= 0.6 is 0 Å². The second-order valence-electron chi connectivity index (χ2n) is 4.78. The molecule has 1 amide bonds. The summed E-state index contributed by atoms with van der Waals surface area (Å²) in [6.45, 7) is 6.27. The zero-order valence-electron chi connectivity index (χ0n) is 10.6. The minimum absolute atomic E-state index is 0.0547. The Bertz CT molecular complexity index is 380. The van der Waals surface area contributed by atoms with Crippen LogP contribution in [0.2, 0.25) is 0 Å². The van der Waals surface area contributed by atoms with E-state index in [2.05, 4.69) is 20.8 Å². The van der Waals surface area contributed by atoms with E-state index in [0.717, 1.165) is 5.56 Å². The van der Waals surface area contributed by atoms with E-state index < -0.39 is 0 Å². The number of hydroxylamine groups is 2. The molecule has 0 spiro atoms. The highest BCUT2D eigenvalue weighted by molar-refractivity contribution is 5.95. The van der Waals surface area contributed by atoms with E-state index in [1.54, 1.807) is 7.05 Å². The van der Waals surface area contributed by atoms with Gasteiger partial charge in [-0.3, -0.25) is 9.63 Å². The second kappa shape index (κ2) is 4.66. The second-order valence-corrected chi connectivity index (χ2v) is 4.78. The average Bonchev–Trinajstić information content (AvgIpc) is 2.26. The van der Waals surface area contributed by atoms with Crippen LogP contribution in [-0.4, -0.2) is 25.1 Å². The van der Waals surface area contributed by atoms with Gasteiger partial charge in [0.25, 0.3) is 5.91 Å². The van der Waals surface area contributed by atoms with E-state index in [1.165, 1.54) is 12.2 Å². The van der Waals surface area contributed by atoms with Gasteiger partial charge in [0.15, 0.2) is 0 Å². The lowest BCUT2D eigenvalue weighted by atomic mass is 9.83. The lowest BCUT2D eigenvalue weighted by Crippen LogP contribution is -2.28. The van der Waals surface area contributed by atoms with Crippen molar-refractivity contribution in [2.75, 3.05) is 14.2 Å². The van der Waals surface area contributed by atoms with Crippen molar-refractivity contribution in [3.8, 4) is 0 Å². The molecular weight excluding hydrogens is 202 g/mol. The molecule has 0 aliphatic heterocycles. The van der Waals surface area contributed by atoms with Crippen molar-refractivity contribution in [2.45, 2.75) is 26.2 Å². The molecule has 1 aromatic carbocycles. The first-order valence-electron chi connectivity index (χ1n) is 5.29. The maximum atomic E-state index is 12.0. The molecule has 3 nitrogen and oxygen atoms in total. The Morgan fingerprint density at radius 2 is 1.81 bits per heavy atom. The number of nitrogens with zero attached hydrogens (tertiary/aromatic N) is 1. The van der Waals surface area contributed by atoms with Crippen LogP contribution in [0, 0.1) is 0 Å². The highest BCUT2D eigenvalue weighted by Crippen LogP contribution is 2.26. The van der Waals surface area contributed by atoms with Crippen LogP contribution < -0.4 is 0 Å². The fraction of sp³-hybridized carbons (Fsp3) is 0.462.